The number of allylic oxidation sites excluding steroid dienone is 1. The van der Waals surface area contributed by atoms with Crippen LogP contribution >= 0.6 is 11.3 Å². The van der Waals surface area contributed by atoms with Gasteiger partial charge in [0.05, 0.1) is 17.2 Å². The van der Waals surface area contributed by atoms with Crippen molar-refractivity contribution in [3.8, 4) is 23.1 Å². The highest BCUT2D eigenvalue weighted by Crippen LogP contribution is 2.27. The number of aromatic nitrogens is 1. The normalized spacial score (nSPS) is 11.4. The van der Waals surface area contributed by atoms with Gasteiger partial charge in [-0.1, -0.05) is 0 Å². The summed E-state index contributed by atoms with van der Waals surface area (Å²) in [7, 11) is -3.96. The van der Waals surface area contributed by atoms with E-state index in [4.69, 9.17) is 16.2 Å². The minimum absolute atomic E-state index is 0.0548. The van der Waals surface area contributed by atoms with Gasteiger partial charge in [-0.05, 0) is 55.5 Å². The molecule has 164 valence electrons. The molecule has 1 heterocycles. The molecule has 32 heavy (non-hydrogen) atoms. The van der Waals surface area contributed by atoms with E-state index >= 15 is 0 Å². The van der Waals surface area contributed by atoms with Gasteiger partial charge in [-0.15, -0.1) is 15.7 Å². The Bertz CT molecular complexity index is 1280. The van der Waals surface area contributed by atoms with Crippen molar-refractivity contribution in [3.63, 3.8) is 0 Å². The van der Waals surface area contributed by atoms with Crippen molar-refractivity contribution in [1.29, 1.82) is 5.26 Å². The molecule has 0 spiro atoms. The molecule has 0 radical (unpaired) electrons. The fourth-order valence-electron chi connectivity index (χ4n) is 2.63. The van der Waals surface area contributed by atoms with Crippen LogP contribution in [-0.4, -0.2) is 26.0 Å². The lowest BCUT2D eigenvalue weighted by Crippen LogP contribution is -2.24. The fourth-order valence-corrected chi connectivity index (χ4v) is 4.29. The summed E-state index contributed by atoms with van der Waals surface area (Å²) in [6.07, 6.45) is 1.51. The van der Waals surface area contributed by atoms with Gasteiger partial charge >= 0.3 is 0 Å². The van der Waals surface area contributed by atoms with Crippen molar-refractivity contribution in [2.45, 2.75) is 11.8 Å². The average Bonchev–Trinajstić information content (AvgIpc) is 3.24. The lowest BCUT2D eigenvalue weighted by atomic mass is 10.2. The highest BCUT2D eigenvalue weighted by molar-refractivity contribution is 7.90. The van der Waals surface area contributed by atoms with Gasteiger partial charge in [0.1, 0.15) is 22.4 Å². The predicted molar refractivity (Wildman–Crippen MR) is 125 cm³/mol. The Morgan fingerprint density at radius 3 is 2.50 bits per heavy atom. The molecule has 0 atom stereocenters. The van der Waals surface area contributed by atoms with Gasteiger partial charge in [0, 0.05) is 22.8 Å². The first kappa shape index (κ1) is 22.8. The molecule has 0 bridgehead atoms. The minimum Gasteiger partial charge on any atom is -0.494 e. The number of hydrogen-bond acceptors (Lipinski definition) is 7. The molecule has 0 fully saturated rings. The first-order chi connectivity index (χ1) is 15.3. The number of benzene rings is 2. The summed E-state index contributed by atoms with van der Waals surface area (Å²) in [6.45, 7) is 2.52. The zero-order valence-corrected chi connectivity index (χ0v) is 18.7. The number of anilines is 1. The standard InChI is InChI=1S/C21H20N6O3S2/c1-2-30-17-7-3-14(4-8-17)19-13-31-20(26-19)15(11-22)12-25-16-5-9-18(10-6-16)32(28,29)27-21(23)24/h3-10,12-13,25H,2H2,1H3,(H4,23,24,27)/b15-12+. The van der Waals surface area contributed by atoms with E-state index in [9.17, 15) is 13.7 Å². The van der Waals surface area contributed by atoms with Gasteiger partial charge in [0.25, 0.3) is 10.0 Å². The Balaban J connectivity index is 1.75. The molecule has 3 rings (SSSR count). The smallest absolute Gasteiger partial charge is 0.285 e. The molecule has 3 aromatic rings. The van der Waals surface area contributed by atoms with Crippen molar-refractivity contribution < 1.29 is 13.2 Å². The summed E-state index contributed by atoms with van der Waals surface area (Å²) in [4.78, 5) is 4.49. The molecule has 2 aromatic carbocycles. The minimum atomic E-state index is -3.96. The van der Waals surface area contributed by atoms with Gasteiger partial charge < -0.3 is 21.5 Å². The number of nitrogens with two attached hydrogens (primary N) is 2. The second-order valence-corrected chi connectivity index (χ2v) is 8.79. The van der Waals surface area contributed by atoms with Crippen LogP contribution in [0.2, 0.25) is 0 Å². The van der Waals surface area contributed by atoms with Gasteiger partial charge in [-0.25, -0.2) is 4.98 Å². The molecule has 0 unspecified atom stereocenters. The number of nitriles is 1. The summed E-state index contributed by atoms with van der Waals surface area (Å²) < 4.78 is 32.6. The van der Waals surface area contributed by atoms with Crippen LogP contribution in [0.3, 0.4) is 0 Å². The first-order valence-electron chi connectivity index (χ1n) is 9.34. The molecule has 5 N–H and O–H groups in total. The second kappa shape index (κ2) is 9.95. The Morgan fingerprint density at radius 1 is 1.22 bits per heavy atom. The Kier molecular flexibility index (Phi) is 7.09. The molecule has 0 aliphatic heterocycles. The zero-order chi connectivity index (χ0) is 23.1. The molecule has 0 amide bonds. The van der Waals surface area contributed by atoms with Crippen molar-refractivity contribution in [2.24, 2.45) is 15.9 Å². The van der Waals surface area contributed by atoms with Gasteiger partial charge in [-0.2, -0.15) is 13.7 Å². The molecule has 11 heteroatoms. The number of nitrogens with one attached hydrogen (secondary N) is 1. The van der Waals surface area contributed by atoms with Crippen molar-refractivity contribution in [1.82, 2.24) is 4.98 Å². The van der Waals surface area contributed by atoms with Crippen molar-refractivity contribution >= 4 is 38.6 Å². The number of nitrogens with zero attached hydrogens (tertiary/aromatic N) is 3. The maximum atomic E-state index is 12.0. The Morgan fingerprint density at radius 2 is 1.91 bits per heavy atom. The van der Waals surface area contributed by atoms with E-state index in [2.05, 4.69) is 20.8 Å². The summed E-state index contributed by atoms with van der Waals surface area (Å²) in [6, 6.07) is 15.5. The van der Waals surface area contributed by atoms with Crippen LogP contribution in [0.15, 0.2) is 69.4 Å². The lowest BCUT2D eigenvalue weighted by molar-refractivity contribution is 0.340. The van der Waals surface area contributed by atoms with E-state index in [0.717, 1.165) is 17.0 Å². The van der Waals surface area contributed by atoms with Crippen molar-refractivity contribution in [3.05, 3.63) is 65.1 Å². The number of hydrogen-bond donors (Lipinski definition) is 3. The van der Waals surface area contributed by atoms with E-state index in [1.807, 2.05) is 36.6 Å². The van der Waals surface area contributed by atoms with Gasteiger partial charge in [-0.3, -0.25) is 0 Å². The van der Waals surface area contributed by atoms with Crippen LogP contribution < -0.4 is 21.5 Å². The first-order valence-corrected chi connectivity index (χ1v) is 11.7. The molecule has 0 aliphatic carbocycles. The predicted octanol–water partition coefficient (Wildman–Crippen LogP) is 3.15. The van der Waals surface area contributed by atoms with Crippen LogP contribution in [0.5, 0.6) is 5.75 Å². The monoisotopic (exact) mass is 468 g/mol. The van der Waals surface area contributed by atoms with E-state index < -0.39 is 16.0 Å². The summed E-state index contributed by atoms with van der Waals surface area (Å²) in [5.74, 6) is 0.243. The van der Waals surface area contributed by atoms with Crippen LogP contribution in [0.25, 0.3) is 16.8 Å². The second-order valence-electron chi connectivity index (χ2n) is 6.33. The molecular weight excluding hydrogens is 448 g/mol. The van der Waals surface area contributed by atoms with Gasteiger partial charge in [0.15, 0.2) is 0 Å². The van der Waals surface area contributed by atoms with Crippen LogP contribution in [0, 0.1) is 11.3 Å². The summed E-state index contributed by atoms with van der Waals surface area (Å²) >= 11 is 1.35. The maximum Gasteiger partial charge on any atom is 0.285 e. The number of ether oxygens (including phenoxy) is 1. The van der Waals surface area contributed by atoms with E-state index in [0.29, 0.717) is 22.9 Å². The Hall–Kier alpha value is -3.88. The fraction of sp³-hybridized carbons (Fsp3) is 0.0952. The lowest BCUT2D eigenvalue weighted by Gasteiger charge is -2.04. The van der Waals surface area contributed by atoms with Crippen LogP contribution in [0.4, 0.5) is 5.69 Å². The highest BCUT2D eigenvalue weighted by atomic mass is 32.2. The van der Waals surface area contributed by atoms with Crippen LogP contribution in [-0.2, 0) is 10.0 Å². The topological polar surface area (TPSA) is 156 Å². The third kappa shape index (κ3) is 5.63. The number of guanidine groups is 1. The SMILES string of the molecule is CCOc1ccc(-c2csc(/C(C#N)=C/Nc3ccc(S(=O)(=O)N=C(N)N)cc3)n2)cc1. The van der Waals surface area contributed by atoms with E-state index in [1.165, 1.54) is 41.8 Å². The van der Waals surface area contributed by atoms with Crippen molar-refractivity contribution in [2.75, 3.05) is 11.9 Å². The quantitative estimate of drug-likeness (QED) is 0.258. The third-order valence-electron chi connectivity index (χ3n) is 4.08. The molecule has 0 saturated carbocycles. The molecular formula is C21H20N6O3S2. The summed E-state index contributed by atoms with van der Waals surface area (Å²) in [5.41, 5.74) is 12.9. The molecule has 0 saturated heterocycles. The largest absolute Gasteiger partial charge is 0.494 e. The Labute approximate surface area is 189 Å². The summed E-state index contributed by atoms with van der Waals surface area (Å²) in [5, 5.41) is 14.9. The molecule has 9 nitrogen and oxygen atoms in total. The van der Waals surface area contributed by atoms with Crippen LogP contribution in [0.1, 0.15) is 11.9 Å². The third-order valence-corrected chi connectivity index (χ3v) is 6.27. The van der Waals surface area contributed by atoms with Gasteiger partial charge in [0.2, 0.25) is 5.96 Å². The van der Waals surface area contributed by atoms with E-state index in [-0.39, 0.29) is 4.90 Å². The molecule has 1 aromatic heterocycles. The zero-order valence-electron chi connectivity index (χ0n) is 17.0. The number of rotatable bonds is 8. The maximum absolute atomic E-state index is 12.0. The number of thiazole rings is 1. The average molecular weight is 469 g/mol. The van der Waals surface area contributed by atoms with E-state index in [1.54, 1.807) is 0 Å². The number of sulfonamides is 1. The highest BCUT2D eigenvalue weighted by Gasteiger charge is 2.13. The molecule has 0 aliphatic rings.